The summed E-state index contributed by atoms with van der Waals surface area (Å²) in [7, 11) is -1.51. The van der Waals surface area contributed by atoms with Gasteiger partial charge in [-0.2, -0.15) is 4.31 Å². The molecule has 0 amide bonds. The van der Waals surface area contributed by atoms with Crippen molar-refractivity contribution in [3.63, 3.8) is 0 Å². The third-order valence-electron chi connectivity index (χ3n) is 5.14. The molecule has 2 aromatic heterocycles. The van der Waals surface area contributed by atoms with Crippen LogP contribution >= 0.6 is 11.3 Å². The maximum Gasteiger partial charge on any atom is 0.243 e. The Kier molecular flexibility index (Phi) is 4.86. The Morgan fingerprint density at radius 2 is 1.73 bits per heavy atom. The van der Waals surface area contributed by atoms with Gasteiger partial charge in [0.15, 0.2) is 10.9 Å². The molecule has 154 valence electrons. The van der Waals surface area contributed by atoms with Crippen LogP contribution < -0.4 is 5.32 Å². The predicted octanol–water partition coefficient (Wildman–Crippen LogP) is 2.92. The Balaban J connectivity index is 1.42. The van der Waals surface area contributed by atoms with Gasteiger partial charge in [-0.05, 0) is 37.4 Å². The zero-order chi connectivity index (χ0) is 20.7. The highest BCUT2D eigenvalue weighted by atomic mass is 32.2. The van der Waals surface area contributed by atoms with E-state index in [1.807, 2.05) is 31.3 Å². The van der Waals surface area contributed by atoms with Gasteiger partial charge in [-0.25, -0.2) is 18.4 Å². The van der Waals surface area contributed by atoms with Crippen molar-refractivity contribution < 1.29 is 8.42 Å². The maximum atomic E-state index is 13.0. The monoisotopic (exact) mass is 440 g/mol. The molecular formula is C20H20N6O2S2. The third-order valence-corrected chi connectivity index (χ3v) is 7.97. The molecule has 0 radical (unpaired) electrons. The Bertz CT molecular complexity index is 1330. The zero-order valence-corrected chi connectivity index (χ0v) is 17.9. The van der Waals surface area contributed by atoms with E-state index in [0.29, 0.717) is 28.9 Å². The average Bonchev–Trinajstić information content (AvgIpc) is 3.15. The number of hydrogen-bond donors (Lipinski definition) is 1. The Labute approximate surface area is 178 Å². The van der Waals surface area contributed by atoms with Crippen LogP contribution in [0, 0.1) is 0 Å². The molecular weight excluding hydrogens is 420 g/mol. The molecule has 1 fully saturated rings. The Morgan fingerprint density at radius 3 is 2.53 bits per heavy atom. The second-order valence-electron chi connectivity index (χ2n) is 7.22. The Hall–Kier alpha value is -2.66. The highest BCUT2D eigenvalue weighted by molar-refractivity contribution is 7.89. The van der Waals surface area contributed by atoms with Crippen LogP contribution in [0.2, 0.25) is 0 Å². The van der Waals surface area contributed by atoms with E-state index in [1.54, 1.807) is 28.7 Å². The quantitative estimate of drug-likeness (QED) is 0.522. The molecule has 0 unspecified atom stereocenters. The van der Waals surface area contributed by atoms with Crippen LogP contribution in [0.5, 0.6) is 0 Å². The molecule has 3 heterocycles. The number of hydrogen-bond acceptors (Lipinski definition) is 8. The molecule has 10 heteroatoms. The molecule has 1 N–H and O–H groups in total. The minimum Gasteiger partial charge on any atom is -0.315 e. The second-order valence-corrected chi connectivity index (χ2v) is 10.2. The zero-order valence-electron chi connectivity index (χ0n) is 16.3. The number of fused-ring (bicyclic) bond motifs is 2. The van der Waals surface area contributed by atoms with Gasteiger partial charge >= 0.3 is 0 Å². The summed E-state index contributed by atoms with van der Waals surface area (Å²) < 4.78 is 28.4. The summed E-state index contributed by atoms with van der Waals surface area (Å²) in [5.41, 5.74) is 2.36. The SMILES string of the molecule is CN1CCN(S(=O)(=O)c2ccc3nc(Nc4cnc5ccccc5n4)sc3c2)CC1. The van der Waals surface area contributed by atoms with Crippen molar-refractivity contribution in [1.29, 1.82) is 0 Å². The lowest BCUT2D eigenvalue weighted by Crippen LogP contribution is -2.46. The van der Waals surface area contributed by atoms with Gasteiger partial charge in [-0.1, -0.05) is 23.5 Å². The topological polar surface area (TPSA) is 91.3 Å². The van der Waals surface area contributed by atoms with E-state index in [-0.39, 0.29) is 0 Å². The number of nitrogens with zero attached hydrogens (tertiary/aromatic N) is 5. The number of likely N-dealkylation sites (N-methyl/N-ethyl adjacent to an activating group) is 1. The smallest absolute Gasteiger partial charge is 0.243 e. The first-order valence-electron chi connectivity index (χ1n) is 9.57. The molecule has 0 aliphatic carbocycles. The van der Waals surface area contributed by atoms with Gasteiger partial charge in [0.2, 0.25) is 10.0 Å². The van der Waals surface area contributed by atoms with Gasteiger partial charge in [0.25, 0.3) is 0 Å². The lowest BCUT2D eigenvalue weighted by atomic mass is 10.3. The number of anilines is 2. The predicted molar refractivity (Wildman–Crippen MR) is 119 cm³/mol. The van der Waals surface area contributed by atoms with Gasteiger partial charge in [0, 0.05) is 26.2 Å². The van der Waals surface area contributed by atoms with Crippen molar-refractivity contribution >= 4 is 53.6 Å². The first kappa shape index (κ1) is 19.3. The fourth-order valence-electron chi connectivity index (χ4n) is 3.42. The lowest BCUT2D eigenvalue weighted by molar-refractivity contribution is 0.222. The van der Waals surface area contributed by atoms with E-state index in [0.717, 1.165) is 34.3 Å². The minimum atomic E-state index is -3.51. The van der Waals surface area contributed by atoms with Crippen LogP contribution in [0.15, 0.2) is 53.6 Å². The molecule has 4 aromatic rings. The molecule has 0 bridgehead atoms. The largest absolute Gasteiger partial charge is 0.315 e. The van der Waals surface area contributed by atoms with E-state index >= 15 is 0 Å². The molecule has 30 heavy (non-hydrogen) atoms. The summed E-state index contributed by atoms with van der Waals surface area (Å²) in [6, 6.07) is 12.7. The molecule has 0 saturated carbocycles. The normalized spacial score (nSPS) is 16.3. The number of nitrogens with one attached hydrogen (secondary N) is 1. The maximum absolute atomic E-state index is 13.0. The van der Waals surface area contributed by atoms with Crippen molar-refractivity contribution in [3.05, 3.63) is 48.7 Å². The summed E-state index contributed by atoms with van der Waals surface area (Å²) in [5.74, 6) is 0.595. The molecule has 5 rings (SSSR count). The Morgan fingerprint density at radius 1 is 0.967 bits per heavy atom. The highest BCUT2D eigenvalue weighted by Crippen LogP contribution is 2.31. The average molecular weight is 441 g/mol. The van der Waals surface area contributed by atoms with Crippen molar-refractivity contribution in [2.45, 2.75) is 4.90 Å². The van der Waals surface area contributed by atoms with E-state index in [4.69, 9.17) is 0 Å². The molecule has 0 spiro atoms. The van der Waals surface area contributed by atoms with E-state index < -0.39 is 10.0 Å². The van der Waals surface area contributed by atoms with Crippen LogP contribution in [0.1, 0.15) is 0 Å². The van der Waals surface area contributed by atoms with E-state index in [2.05, 4.69) is 25.2 Å². The molecule has 8 nitrogen and oxygen atoms in total. The van der Waals surface area contributed by atoms with Gasteiger partial charge in [0.1, 0.15) is 0 Å². The van der Waals surface area contributed by atoms with E-state index in [1.165, 1.54) is 11.3 Å². The summed E-state index contributed by atoms with van der Waals surface area (Å²) in [6.07, 6.45) is 1.66. The van der Waals surface area contributed by atoms with Crippen LogP contribution in [0.4, 0.5) is 10.9 Å². The standard InChI is InChI=1S/C20H20N6O2S2/c1-25-8-10-26(11-9-25)30(27,28)14-6-7-17-18(12-14)29-20(23-17)24-19-13-21-15-4-2-3-5-16(15)22-19/h2-7,12-13H,8-11H2,1H3,(H,22,23,24). The molecule has 1 aliphatic rings. The van der Waals surface area contributed by atoms with Gasteiger partial charge in [0.05, 0.1) is 32.3 Å². The highest BCUT2D eigenvalue weighted by Gasteiger charge is 2.27. The molecule has 0 atom stereocenters. The molecule has 1 saturated heterocycles. The van der Waals surface area contributed by atoms with Crippen LogP contribution in [-0.2, 0) is 10.0 Å². The van der Waals surface area contributed by atoms with Crippen molar-refractivity contribution in [2.24, 2.45) is 0 Å². The van der Waals surface area contributed by atoms with Crippen molar-refractivity contribution in [3.8, 4) is 0 Å². The number of rotatable bonds is 4. The number of thiazole rings is 1. The van der Waals surface area contributed by atoms with Crippen molar-refractivity contribution in [1.82, 2.24) is 24.2 Å². The first-order valence-corrected chi connectivity index (χ1v) is 11.8. The summed E-state index contributed by atoms with van der Waals surface area (Å²) in [4.78, 5) is 15.9. The van der Waals surface area contributed by atoms with Crippen LogP contribution in [-0.4, -0.2) is 65.8 Å². The van der Waals surface area contributed by atoms with Gasteiger partial charge < -0.3 is 10.2 Å². The summed E-state index contributed by atoms with van der Waals surface area (Å²) >= 11 is 1.39. The molecule has 2 aromatic carbocycles. The van der Waals surface area contributed by atoms with Crippen LogP contribution in [0.3, 0.4) is 0 Å². The number of aromatic nitrogens is 3. The third kappa shape index (κ3) is 3.63. The summed E-state index contributed by atoms with van der Waals surface area (Å²) in [5, 5.41) is 3.82. The number of para-hydroxylation sites is 2. The number of piperazine rings is 1. The van der Waals surface area contributed by atoms with Gasteiger partial charge in [-0.15, -0.1) is 0 Å². The van der Waals surface area contributed by atoms with E-state index in [9.17, 15) is 8.42 Å². The van der Waals surface area contributed by atoms with Crippen LogP contribution in [0.25, 0.3) is 21.3 Å². The fraction of sp³-hybridized carbons (Fsp3) is 0.250. The fourth-order valence-corrected chi connectivity index (χ4v) is 5.86. The molecule has 1 aliphatic heterocycles. The number of sulfonamides is 1. The van der Waals surface area contributed by atoms with Gasteiger partial charge in [-0.3, -0.25) is 4.98 Å². The number of benzene rings is 2. The summed E-state index contributed by atoms with van der Waals surface area (Å²) in [6.45, 7) is 2.49. The lowest BCUT2D eigenvalue weighted by Gasteiger charge is -2.31. The minimum absolute atomic E-state index is 0.306. The second kappa shape index (κ2) is 7.55. The van der Waals surface area contributed by atoms with Crippen molar-refractivity contribution in [2.75, 3.05) is 38.5 Å². The first-order chi connectivity index (χ1) is 14.5.